The Bertz CT molecular complexity index is 706. The largest absolute Gasteiger partial charge is 0.454 e. The molecule has 0 atom stereocenters. The first-order chi connectivity index (χ1) is 10.6. The van der Waals surface area contributed by atoms with Gasteiger partial charge in [0.25, 0.3) is 0 Å². The van der Waals surface area contributed by atoms with Gasteiger partial charge in [0.2, 0.25) is 6.79 Å². The van der Waals surface area contributed by atoms with E-state index in [2.05, 4.69) is 5.32 Å². The second kappa shape index (κ2) is 6.15. The Hall–Kier alpha value is -2.40. The minimum Gasteiger partial charge on any atom is -0.454 e. The van der Waals surface area contributed by atoms with E-state index in [4.69, 9.17) is 21.1 Å². The van der Waals surface area contributed by atoms with Crippen molar-refractivity contribution in [2.75, 3.05) is 19.2 Å². The molecule has 1 heterocycles. The van der Waals surface area contributed by atoms with Crippen molar-refractivity contribution in [2.45, 2.75) is 6.54 Å². The highest BCUT2D eigenvalue weighted by Gasteiger charge is 2.15. The molecule has 0 unspecified atom stereocenters. The monoisotopic (exact) mass is 318 g/mol. The number of nitrogens with zero attached hydrogens (tertiary/aromatic N) is 1. The number of hydrogen-bond acceptors (Lipinski definition) is 3. The lowest BCUT2D eigenvalue weighted by Crippen LogP contribution is -2.30. The molecule has 22 heavy (non-hydrogen) atoms. The number of carbonyl (C=O) groups is 1. The molecular weight excluding hydrogens is 304 g/mol. The summed E-state index contributed by atoms with van der Waals surface area (Å²) in [7, 11) is 1.73. The van der Waals surface area contributed by atoms with E-state index >= 15 is 0 Å². The molecule has 114 valence electrons. The zero-order chi connectivity index (χ0) is 15.5. The molecule has 6 heteroatoms. The molecule has 2 aromatic rings. The van der Waals surface area contributed by atoms with Gasteiger partial charge in [0.05, 0.1) is 0 Å². The van der Waals surface area contributed by atoms with Gasteiger partial charge in [-0.05, 0) is 35.9 Å². The summed E-state index contributed by atoms with van der Waals surface area (Å²) >= 11 is 5.90. The van der Waals surface area contributed by atoms with Crippen molar-refractivity contribution < 1.29 is 14.3 Å². The maximum absolute atomic E-state index is 12.2. The summed E-state index contributed by atoms with van der Waals surface area (Å²) in [6, 6.07) is 12.5. The summed E-state index contributed by atoms with van der Waals surface area (Å²) in [4.78, 5) is 13.8. The van der Waals surface area contributed by atoms with E-state index in [0.29, 0.717) is 23.0 Å². The van der Waals surface area contributed by atoms with Gasteiger partial charge in [0.15, 0.2) is 11.5 Å². The fraction of sp³-hybridized carbons (Fsp3) is 0.188. The van der Waals surface area contributed by atoms with E-state index in [1.807, 2.05) is 18.2 Å². The Morgan fingerprint density at radius 3 is 2.86 bits per heavy atom. The molecule has 0 aliphatic carbocycles. The zero-order valence-electron chi connectivity index (χ0n) is 12.0. The van der Waals surface area contributed by atoms with Crippen LogP contribution in [0.3, 0.4) is 0 Å². The molecule has 0 saturated carbocycles. The van der Waals surface area contributed by atoms with Crippen LogP contribution in [0.25, 0.3) is 0 Å². The third-order valence-corrected chi connectivity index (χ3v) is 3.51. The predicted molar refractivity (Wildman–Crippen MR) is 84.5 cm³/mol. The molecule has 2 aromatic carbocycles. The van der Waals surface area contributed by atoms with E-state index in [1.165, 1.54) is 0 Å². The summed E-state index contributed by atoms with van der Waals surface area (Å²) in [5.41, 5.74) is 1.63. The molecule has 5 nitrogen and oxygen atoms in total. The number of ether oxygens (including phenoxy) is 2. The lowest BCUT2D eigenvalue weighted by atomic mass is 10.2. The molecule has 0 aromatic heterocycles. The molecule has 0 fully saturated rings. The van der Waals surface area contributed by atoms with Crippen LogP contribution in [0.4, 0.5) is 10.5 Å². The Labute approximate surface area is 133 Å². The number of nitrogens with one attached hydrogen (secondary N) is 1. The summed E-state index contributed by atoms with van der Waals surface area (Å²) < 4.78 is 10.6. The van der Waals surface area contributed by atoms with Crippen molar-refractivity contribution in [2.24, 2.45) is 0 Å². The predicted octanol–water partition coefficient (Wildman–Crippen LogP) is 3.73. The van der Waals surface area contributed by atoms with E-state index in [-0.39, 0.29) is 12.8 Å². The van der Waals surface area contributed by atoms with Gasteiger partial charge >= 0.3 is 6.03 Å². The number of urea groups is 1. The first kappa shape index (κ1) is 14.5. The SMILES string of the molecule is CN(Cc1ccc2c(c1)OCO2)C(=O)Nc1cccc(Cl)c1. The fourth-order valence-electron chi connectivity index (χ4n) is 2.17. The molecule has 2 amide bonds. The lowest BCUT2D eigenvalue weighted by molar-refractivity contribution is 0.174. The first-order valence-electron chi connectivity index (χ1n) is 6.78. The number of hydrogen-bond donors (Lipinski definition) is 1. The van der Waals surface area contributed by atoms with Crippen LogP contribution in [-0.4, -0.2) is 24.8 Å². The van der Waals surface area contributed by atoms with Gasteiger partial charge in [-0.2, -0.15) is 0 Å². The van der Waals surface area contributed by atoms with Gasteiger partial charge in [-0.3, -0.25) is 0 Å². The normalized spacial score (nSPS) is 12.1. The molecule has 0 radical (unpaired) electrons. The molecule has 1 aliphatic rings. The van der Waals surface area contributed by atoms with Crippen LogP contribution in [0.2, 0.25) is 5.02 Å². The molecule has 0 spiro atoms. The smallest absolute Gasteiger partial charge is 0.321 e. The summed E-state index contributed by atoms with van der Waals surface area (Å²) in [5.74, 6) is 1.44. The van der Waals surface area contributed by atoms with Crippen molar-refractivity contribution >= 4 is 23.3 Å². The summed E-state index contributed by atoms with van der Waals surface area (Å²) in [5, 5.41) is 3.38. The molecule has 3 rings (SSSR count). The maximum Gasteiger partial charge on any atom is 0.321 e. The molecule has 0 bridgehead atoms. The van der Waals surface area contributed by atoms with Gasteiger partial charge in [-0.1, -0.05) is 23.7 Å². The van der Waals surface area contributed by atoms with Gasteiger partial charge in [-0.25, -0.2) is 4.79 Å². The topological polar surface area (TPSA) is 50.8 Å². The number of carbonyl (C=O) groups excluding carboxylic acids is 1. The highest BCUT2D eigenvalue weighted by atomic mass is 35.5. The van der Waals surface area contributed by atoms with Crippen molar-refractivity contribution in [1.82, 2.24) is 4.90 Å². The highest BCUT2D eigenvalue weighted by Crippen LogP contribution is 2.32. The average molecular weight is 319 g/mol. The third kappa shape index (κ3) is 3.26. The van der Waals surface area contributed by atoms with E-state index in [0.717, 1.165) is 11.3 Å². The number of fused-ring (bicyclic) bond motifs is 1. The average Bonchev–Trinajstić information content (AvgIpc) is 2.94. The van der Waals surface area contributed by atoms with Crippen LogP contribution < -0.4 is 14.8 Å². The van der Waals surface area contributed by atoms with Crippen molar-refractivity contribution in [3.8, 4) is 11.5 Å². The van der Waals surface area contributed by atoms with Gasteiger partial charge in [-0.15, -0.1) is 0 Å². The maximum atomic E-state index is 12.2. The molecule has 1 N–H and O–H groups in total. The van der Waals surface area contributed by atoms with Crippen LogP contribution in [0, 0.1) is 0 Å². The Balaban J connectivity index is 1.63. The van der Waals surface area contributed by atoms with Crippen molar-refractivity contribution in [1.29, 1.82) is 0 Å². The van der Waals surface area contributed by atoms with E-state index in [1.54, 1.807) is 36.2 Å². The van der Waals surface area contributed by atoms with E-state index in [9.17, 15) is 4.79 Å². The fourth-order valence-corrected chi connectivity index (χ4v) is 2.36. The van der Waals surface area contributed by atoms with Crippen LogP contribution in [-0.2, 0) is 6.54 Å². The second-order valence-electron chi connectivity index (χ2n) is 4.98. The number of anilines is 1. The third-order valence-electron chi connectivity index (χ3n) is 3.28. The van der Waals surface area contributed by atoms with Gasteiger partial charge < -0.3 is 19.7 Å². The van der Waals surface area contributed by atoms with Crippen molar-refractivity contribution in [3.63, 3.8) is 0 Å². The van der Waals surface area contributed by atoms with Crippen molar-refractivity contribution in [3.05, 3.63) is 53.1 Å². The molecule has 1 aliphatic heterocycles. The quantitative estimate of drug-likeness (QED) is 0.938. The van der Waals surface area contributed by atoms with E-state index < -0.39 is 0 Å². The van der Waals surface area contributed by atoms with Gasteiger partial charge in [0.1, 0.15) is 0 Å². The minimum atomic E-state index is -0.208. The van der Waals surface area contributed by atoms with Crippen LogP contribution in [0.5, 0.6) is 11.5 Å². The zero-order valence-corrected chi connectivity index (χ0v) is 12.8. The number of rotatable bonds is 3. The van der Waals surface area contributed by atoms with Crippen LogP contribution in [0.15, 0.2) is 42.5 Å². The number of benzene rings is 2. The van der Waals surface area contributed by atoms with Gasteiger partial charge in [0, 0.05) is 24.3 Å². The summed E-state index contributed by atoms with van der Waals surface area (Å²) in [6.45, 7) is 0.701. The standard InChI is InChI=1S/C16H15ClN2O3/c1-19(16(20)18-13-4-2-3-12(17)8-13)9-11-5-6-14-15(7-11)22-10-21-14/h2-8H,9-10H2,1H3,(H,18,20). The Morgan fingerprint density at radius 1 is 1.23 bits per heavy atom. The number of halogens is 1. The summed E-state index contributed by atoms with van der Waals surface area (Å²) in [6.07, 6.45) is 0. The second-order valence-corrected chi connectivity index (χ2v) is 5.42. The first-order valence-corrected chi connectivity index (χ1v) is 7.16. The number of amides is 2. The Morgan fingerprint density at radius 2 is 2.05 bits per heavy atom. The van der Waals surface area contributed by atoms with Crippen LogP contribution in [0.1, 0.15) is 5.56 Å². The Kier molecular flexibility index (Phi) is 4.06. The van der Waals surface area contributed by atoms with Crippen LogP contribution >= 0.6 is 11.6 Å². The lowest BCUT2D eigenvalue weighted by Gasteiger charge is -2.18. The molecule has 0 saturated heterocycles. The minimum absolute atomic E-state index is 0.208. The highest BCUT2D eigenvalue weighted by molar-refractivity contribution is 6.30. The molecular formula is C16H15ClN2O3.